The Balaban J connectivity index is 1.97. The third-order valence-electron chi connectivity index (χ3n) is 3.83. The van der Waals surface area contributed by atoms with Gasteiger partial charge in [-0.1, -0.05) is 18.2 Å². The van der Waals surface area contributed by atoms with Gasteiger partial charge in [-0.05, 0) is 42.9 Å². The van der Waals surface area contributed by atoms with E-state index in [0.717, 1.165) is 18.8 Å². The van der Waals surface area contributed by atoms with Crippen LogP contribution in [0.5, 0.6) is 0 Å². The number of hydrogen-bond donors (Lipinski definition) is 1. The van der Waals surface area contributed by atoms with Crippen LogP contribution in [0.1, 0.15) is 15.9 Å². The Morgan fingerprint density at radius 2 is 1.76 bits per heavy atom. The number of hydrogen-bond acceptors (Lipinski definition) is 3. The number of nitrogens with zero attached hydrogens (tertiary/aromatic N) is 2. The molecule has 0 bridgehead atoms. The number of carbonyl (C=O) groups excluding carboxylic acids is 1. The Kier molecular flexibility index (Phi) is 3.62. The molecule has 2 aromatic rings. The minimum Gasteiger partial charge on any atom is -0.399 e. The van der Waals surface area contributed by atoms with Crippen LogP contribution in [0.4, 0.5) is 11.4 Å². The van der Waals surface area contributed by atoms with Gasteiger partial charge in [0.2, 0.25) is 0 Å². The predicted octanol–water partition coefficient (Wildman–Crippen LogP) is 2.36. The first kappa shape index (κ1) is 13.6. The highest BCUT2D eigenvalue weighted by atomic mass is 16.2. The van der Waals surface area contributed by atoms with Crippen LogP contribution in [0.2, 0.25) is 0 Å². The summed E-state index contributed by atoms with van der Waals surface area (Å²) in [4.78, 5) is 16.9. The molecule has 0 saturated heterocycles. The monoisotopic (exact) mass is 281 g/mol. The molecule has 4 heteroatoms. The highest BCUT2D eigenvalue weighted by Gasteiger charge is 2.23. The van der Waals surface area contributed by atoms with Gasteiger partial charge in [-0.2, -0.15) is 0 Å². The lowest BCUT2D eigenvalue weighted by Crippen LogP contribution is -2.35. The highest BCUT2D eigenvalue weighted by Crippen LogP contribution is 2.26. The third-order valence-corrected chi connectivity index (χ3v) is 3.83. The topological polar surface area (TPSA) is 49.6 Å². The van der Waals surface area contributed by atoms with E-state index >= 15 is 0 Å². The summed E-state index contributed by atoms with van der Waals surface area (Å²) in [5, 5.41) is 0. The molecule has 2 aromatic carbocycles. The summed E-state index contributed by atoms with van der Waals surface area (Å²) in [6.07, 6.45) is 0. The maximum Gasteiger partial charge on any atom is 0.258 e. The Labute approximate surface area is 124 Å². The van der Waals surface area contributed by atoms with Crippen molar-refractivity contribution < 1.29 is 4.79 Å². The van der Waals surface area contributed by atoms with E-state index in [4.69, 9.17) is 5.73 Å². The molecule has 1 aliphatic heterocycles. The van der Waals surface area contributed by atoms with E-state index in [9.17, 15) is 4.79 Å². The molecule has 1 heterocycles. The molecule has 0 unspecified atom stereocenters. The number of amides is 1. The van der Waals surface area contributed by atoms with E-state index in [1.807, 2.05) is 23.1 Å². The number of anilines is 2. The van der Waals surface area contributed by atoms with Crippen molar-refractivity contribution in [3.63, 3.8) is 0 Å². The molecule has 0 radical (unpaired) electrons. The number of rotatable bonds is 1. The van der Waals surface area contributed by atoms with Crippen molar-refractivity contribution in [2.24, 2.45) is 0 Å². The zero-order valence-corrected chi connectivity index (χ0v) is 12.1. The Morgan fingerprint density at radius 1 is 1.05 bits per heavy atom. The van der Waals surface area contributed by atoms with Gasteiger partial charge in [-0.25, -0.2) is 0 Å². The summed E-state index contributed by atoms with van der Waals surface area (Å²) in [7, 11) is 2.08. The van der Waals surface area contributed by atoms with Gasteiger partial charge in [0, 0.05) is 36.6 Å². The van der Waals surface area contributed by atoms with Gasteiger partial charge in [0.05, 0.1) is 0 Å². The average molecular weight is 281 g/mol. The molecule has 108 valence electrons. The summed E-state index contributed by atoms with van der Waals surface area (Å²) < 4.78 is 0. The maximum atomic E-state index is 12.8. The van der Waals surface area contributed by atoms with E-state index in [1.54, 1.807) is 24.3 Å². The first-order valence-electron chi connectivity index (χ1n) is 7.09. The molecule has 0 fully saturated rings. The van der Waals surface area contributed by atoms with Gasteiger partial charge < -0.3 is 15.5 Å². The fraction of sp³-hybridized carbons (Fsp3) is 0.235. The lowest BCUT2D eigenvalue weighted by molar-refractivity contribution is 0.0986. The van der Waals surface area contributed by atoms with Crippen molar-refractivity contribution in [3.05, 3.63) is 59.7 Å². The quantitative estimate of drug-likeness (QED) is 0.816. The molecular weight excluding hydrogens is 262 g/mol. The lowest BCUT2D eigenvalue weighted by Gasteiger charge is -2.22. The molecule has 21 heavy (non-hydrogen) atoms. The Bertz CT molecular complexity index is 651. The average Bonchev–Trinajstić information content (AvgIpc) is 2.65. The normalized spacial score (nSPS) is 15.4. The summed E-state index contributed by atoms with van der Waals surface area (Å²) in [5.41, 5.74) is 9.22. The van der Waals surface area contributed by atoms with Crippen LogP contribution in [0.25, 0.3) is 0 Å². The standard InChI is InChI=1S/C17H19N3O/c1-19-10-11-20(16-5-3-2-4-14(16)12-19)17(21)13-6-8-15(18)9-7-13/h2-9H,10-12,18H2,1H3. The number of fused-ring (bicyclic) bond motifs is 1. The lowest BCUT2D eigenvalue weighted by atomic mass is 10.1. The van der Waals surface area contributed by atoms with Crippen LogP contribution < -0.4 is 10.6 Å². The number of benzene rings is 2. The molecule has 0 saturated carbocycles. The molecule has 4 nitrogen and oxygen atoms in total. The van der Waals surface area contributed by atoms with Gasteiger partial charge in [-0.15, -0.1) is 0 Å². The fourth-order valence-corrected chi connectivity index (χ4v) is 2.66. The number of nitrogen functional groups attached to an aromatic ring is 1. The molecule has 0 atom stereocenters. The van der Waals surface area contributed by atoms with Gasteiger partial charge in [0.1, 0.15) is 0 Å². The maximum absolute atomic E-state index is 12.8. The molecule has 0 spiro atoms. The van der Waals surface area contributed by atoms with Crippen LogP contribution >= 0.6 is 0 Å². The molecule has 3 rings (SSSR count). The number of nitrogens with two attached hydrogens (primary N) is 1. The van der Waals surface area contributed by atoms with Crippen LogP contribution in [-0.2, 0) is 6.54 Å². The first-order valence-corrected chi connectivity index (χ1v) is 7.09. The zero-order valence-electron chi connectivity index (χ0n) is 12.1. The summed E-state index contributed by atoms with van der Waals surface area (Å²) in [6.45, 7) is 2.41. The summed E-state index contributed by atoms with van der Waals surface area (Å²) >= 11 is 0. The Morgan fingerprint density at radius 3 is 2.52 bits per heavy atom. The number of carbonyl (C=O) groups is 1. The second kappa shape index (κ2) is 5.58. The molecule has 0 aromatic heterocycles. The van der Waals surface area contributed by atoms with E-state index in [0.29, 0.717) is 17.8 Å². The van der Waals surface area contributed by atoms with E-state index in [-0.39, 0.29) is 5.91 Å². The van der Waals surface area contributed by atoms with Gasteiger partial charge >= 0.3 is 0 Å². The Hall–Kier alpha value is -2.33. The van der Waals surface area contributed by atoms with Crippen molar-refractivity contribution in [1.82, 2.24) is 4.90 Å². The molecule has 0 aliphatic carbocycles. The smallest absolute Gasteiger partial charge is 0.258 e. The summed E-state index contributed by atoms with van der Waals surface area (Å²) in [5.74, 6) is 0.0257. The minimum absolute atomic E-state index is 0.0257. The predicted molar refractivity (Wildman–Crippen MR) is 85.3 cm³/mol. The largest absolute Gasteiger partial charge is 0.399 e. The second-order valence-electron chi connectivity index (χ2n) is 5.45. The van der Waals surface area contributed by atoms with Crippen LogP contribution in [0.15, 0.2) is 48.5 Å². The van der Waals surface area contributed by atoms with Gasteiger partial charge in [0.25, 0.3) is 5.91 Å². The van der Waals surface area contributed by atoms with Gasteiger partial charge in [-0.3, -0.25) is 4.79 Å². The van der Waals surface area contributed by atoms with Crippen LogP contribution in [0, 0.1) is 0 Å². The SMILES string of the molecule is CN1CCN(C(=O)c2ccc(N)cc2)c2ccccc2C1. The van der Waals surface area contributed by atoms with E-state index in [2.05, 4.69) is 18.0 Å². The van der Waals surface area contributed by atoms with Crippen LogP contribution in [0.3, 0.4) is 0 Å². The number of likely N-dealkylation sites (N-methyl/N-ethyl adjacent to an activating group) is 1. The molecular formula is C17H19N3O. The van der Waals surface area contributed by atoms with Crippen molar-refractivity contribution in [3.8, 4) is 0 Å². The van der Waals surface area contributed by atoms with Crippen LogP contribution in [-0.4, -0.2) is 30.9 Å². The zero-order chi connectivity index (χ0) is 14.8. The molecule has 1 aliphatic rings. The van der Waals surface area contributed by atoms with E-state index in [1.165, 1.54) is 5.56 Å². The van der Waals surface area contributed by atoms with Gasteiger partial charge in [0.15, 0.2) is 0 Å². The fourth-order valence-electron chi connectivity index (χ4n) is 2.66. The first-order chi connectivity index (χ1) is 10.1. The third kappa shape index (κ3) is 2.76. The second-order valence-corrected chi connectivity index (χ2v) is 5.45. The minimum atomic E-state index is 0.0257. The number of para-hydroxylation sites is 1. The van der Waals surface area contributed by atoms with Crippen molar-refractivity contribution >= 4 is 17.3 Å². The highest BCUT2D eigenvalue weighted by molar-refractivity contribution is 6.06. The molecule has 1 amide bonds. The molecule has 2 N–H and O–H groups in total. The van der Waals surface area contributed by atoms with Crippen molar-refractivity contribution in [2.45, 2.75) is 6.54 Å². The van der Waals surface area contributed by atoms with Crippen molar-refractivity contribution in [2.75, 3.05) is 30.8 Å². The summed E-state index contributed by atoms with van der Waals surface area (Å²) in [6, 6.07) is 15.2. The van der Waals surface area contributed by atoms with E-state index < -0.39 is 0 Å². The van der Waals surface area contributed by atoms with Crippen molar-refractivity contribution in [1.29, 1.82) is 0 Å².